The average molecular weight is 271 g/mol. The molecule has 1 saturated heterocycles. The van der Waals surface area contributed by atoms with Crippen LogP contribution in [-0.4, -0.2) is 34.8 Å². The molecular formula is C12H15ClN2O3. The number of nitrogens with one attached hydrogen (secondary N) is 1. The van der Waals surface area contributed by atoms with Gasteiger partial charge < -0.3 is 15.2 Å². The van der Waals surface area contributed by atoms with Crippen molar-refractivity contribution in [3.63, 3.8) is 0 Å². The highest BCUT2D eigenvalue weighted by Gasteiger charge is 2.29. The number of aromatic carboxylic acids is 1. The Morgan fingerprint density at radius 1 is 1.61 bits per heavy atom. The van der Waals surface area contributed by atoms with Crippen LogP contribution < -0.4 is 5.32 Å². The quantitative estimate of drug-likeness (QED) is 0.826. The summed E-state index contributed by atoms with van der Waals surface area (Å²) >= 11 is 5.81. The lowest BCUT2D eigenvalue weighted by Gasteiger charge is -2.35. The molecule has 1 aromatic rings. The Labute approximate surface area is 110 Å². The van der Waals surface area contributed by atoms with Crippen LogP contribution in [0.3, 0.4) is 0 Å². The minimum absolute atomic E-state index is 0.117. The zero-order valence-corrected chi connectivity index (χ0v) is 10.8. The van der Waals surface area contributed by atoms with E-state index in [0.717, 1.165) is 19.4 Å². The van der Waals surface area contributed by atoms with E-state index in [1.54, 1.807) is 0 Å². The van der Waals surface area contributed by atoms with Gasteiger partial charge in [0, 0.05) is 6.61 Å². The lowest BCUT2D eigenvalue weighted by molar-refractivity contribution is 0.0537. The van der Waals surface area contributed by atoms with Crippen molar-refractivity contribution in [3.05, 3.63) is 22.8 Å². The van der Waals surface area contributed by atoms with Crippen molar-refractivity contribution in [2.75, 3.05) is 18.5 Å². The first-order valence-corrected chi connectivity index (χ1v) is 6.14. The molecule has 6 heteroatoms. The third-order valence-electron chi connectivity index (χ3n) is 2.95. The Morgan fingerprint density at radius 3 is 3.00 bits per heavy atom. The van der Waals surface area contributed by atoms with Crippen LogP contribution in [0, 0.1) is 0 Å². The minimum atomic E-state index is -1.03. The van der Waals surface area contributed by atoms with E-state index in [-0.39, 0.29) is 16.3 Å². The van der Waals surface area contributed by atoms with Gasteiger partial charge in [-0.15, -0.1) is 0 Å². The molecule has 0 saturated carbocycles. The first-order valence-electron chi connectivity index (χ1n) is 5.76. The maximum atomic E-state index is 11.1. The van der Waals surface area contributed by atoms with Crippen molar-refractivity contribution in [1.82, 2.24) is 4.98 Å². The molecule has 2 N–H and O–H groups in total. The second-order valence-corrected chi connectivity index (χ2v) is 5.06. The maximum Gasteiger partial charge on any atom is 0.339 e. The molecule has 0 radical (unpaired) electrons. The van der Waals surface area contributed by atoms with Crippen molar-refractivity contribution in [2.24, 2.45) is 0 Å². The molecule has 0 spiro atoms. The highest BCUT2D eigenvalue weighted by Crippen LogP contribution is 2.26. The van der Waals surface area contributed by atoms with Gasteiger partial charge in [-0.25, -0.2) is 9.78 Å². The molecule has 0 amide bonds. The fourth-order valence-corrected chi connectivity index (χ4v) is 2.17. The van der Waals surface area contributed by atoms with E-state index in [1.807, 2.05) is 6.92 Å². The average Bonchev–Trinajstić information content (AvgIpc) is 2.28. The second-order valence-electron chi connectivity index (χ2n) is 4.68. The molecule has 1 atom stereocenters. The summed E-state index contributed by atoms with van der Waals surface area (Å²) < 4.78 is 5.42. The molecule has 1 aliphatic rings. The molecule has 18 heavy (non-hydrogen) atoms. The van der Waals surface area contributed by atoms with Crippen LogP contribution >= 0.6 is 11.6 Å². The fraction of sp³-hybridized carbons (Fsp3) is 0.500. The van der Waals surface area contributed by atoms with E-state index in [4.69, 9.17) is 21.4 Å². The van der Waals surface area contributed by atoms with Crippen LogP contribution in [0.15, 0.2) is 12.1 Å². The molecule has 98 valence electrons. The number of nitrogens with zero attached hydrogens (tertiary/aromatic N) is 1. The highest BCUT2D eigenvalue weighted by atomic mass is 35.5. The van der Waals surface area contributed by atoms with Crippen LogP contribution in [0.2, 0.25) is 5.15 Å². The first kappa shape index (κ1) is 13.1. The summed E-state index contributed by atoms with van der Waals surface area (Å²) in [4.78, 5) is 15.2. The Balaban J connectivity index is 2.26. The number of aromatic nitrogens is 1. The van der Waals surface area contributed by atoms with Gasteiger partial charge in [0.05, 0.1) is 12.1 Å². The second kappa shape index (κ2) is 5.12. The van der Waals surface area contributed by atoms with Crippen LogP contribution in [0.5, 0.6) is 0 Å². The third kappa shape index (κ3) is 2.91. The molecular weight excluding hydrogens is 256 g/mol. The number of carboxylic acids is 1. The maximum absolute atomic E-state index is 11.1. The predicted molar refractivity (Wildman–Crippen MR) is 68.3 cm³/mol. The standard InChI is InChI=1S/C12H15ClN2O3/c1-12(5-2-6-18-7-12)15-10-8(11(16)17)3-4-9(13)14-10/h3-4H,2,5-7H2,1H3,(H,14,15)(H,16,17). The largest absolute Gasteiger partial charge is 0.478 e. The predicted octanol–water partition coefficient (Wildman–Crippen LogP) is 2.41. The van der Waals surface area contributed by atoms with Crippen LogP contribution in [0.4, 0.5) is 5.82 Å². The Kier molecular flexibility index (Phi) is 3.73. The number of halogens is 1. The van der Waals surface area contributed by atoms with Gasteiger partial charge in [-0.1, -0.05) is 11.6 Å². The van der Waals surface area contributed by atoms with Gasteiger partial charge >= 0.3 is 5.97 Å². The van der Waals surface area contributed by atoms with Crippen molar-refractivity contribution in [1.29, 1.82) is 0 Å². The van der Waals surface area contributed by atoms with E-state index in [9.17, 15) is 4.79 Å². The monoisotopic (exact) mass is 270 g/mol. The normalized spacial score (nSPS) is 23.7. The number of hydrogen-bond acceptors (Lipinski definition) is 4. The van der Waals surface area contributed by atoms with Gasteiger partial charge in [-0.05, 0) is 31.9 Å². The van der Waals surface area contributed by atoms with Gasteiger partial charge in [-0.2, -0.15) is 0 Å². The Morgan fingerprint density at radius 2 is 2.39 bits per heavy atom. The Hall–Kier alpha value is -1.33. The zero-order valence-electron chi connectivity index (χ0n) is 10.1. The number of ether oxygens (including phenoxy) is 1. The molecule has 5 nitrogen and oxygen atoms in total. The molecule has 1 unspecified atom stereocenters. The van der Waals surface area contributed by atoms with Gasteiger partial charge in [0.15, 0.2) is 0 Å². The van der Waals surface area contributed by atoms with Crippen molar-refractivity contribution in [2.45, 2.75) is 25.3 Å². The lowest BCUT2D eigenvalue weighted by Crippen LogP contribution is -2.43. The van der Waals surface area contributed by atoms with Crippen molar-refractivity contribution in [3.8, 4) is 0 Å². The van der Waals surface area contributed by atoms with E-state index in [1.165, 1.54) is 12.1 Å². The van der Waals surface area contributed by atoms with Gasteiger partial charge in [0.1, 0.15) is 16.5 Å². The van der Waals surface area contributed by atoms with Crippen LogP contribution in [-0.2, 0) is 4.74 Å². The number of hydrogen-bond donors (Lipinski definition) is 2. The number of carbonyl (C=O) groups is 1. The first-order chi connectivity index (χ1) is 8.50. The summed E-state index contributed by atoms with van der Waals surface area (Å²) in [7, 11) is 0. The summed E-state index contributed by atoms with van der Waals surface area (Å²) in [5.41, 5.74) is -0.189. The van der Waals surface area contributed by atoms with Gasteiger partial charge in [0.2, 0.25) is 0 Å². The molecule has 0 aliphatic carbocycles. The molecule has 2 heterocycles. The van der Waals surface area contributed by atoms with E-state index >= 15 is 0 Å². The van der Waals surface area contributed by atoms with Crippen LogP contribution in [0.25, 0.3) is 0 Å². The number of carboxylic acid groups (broad SMARTS) is 1. The number of anilines is 1. The summed E-state index contributed by atoms with van der Waals surface area (Å²) in [6.07, 6.45) is 1.84. The molecule has 0 bridgehead atoms. The van der Waals surface area contributed by atoms with E-state index in [0.29, 0.717) is 12.4 Å². The fourth-order valence-electron chi connectivity index (χ4n) is 2.02. The van der Waals surface area contributed by atoms with Crippen molar-refractivity contribution < 1.29 is 14.6 Å². The van der Waals surface area contributed by atoms with Gasteiger partial charge in [-0.3, -0.25) is 0 Å². The summed E-state index contributed by atoms with van der Waals surface area (Å²) in [6, 6.07) is 2.92. The number of pyridine rings is 1. The lowest BCUT2D eigenvalue weighted by atomic mass is 9.94. The SMILES string of the molecule is CC1(Nc2nc(Cl)ccc2C(=O)O)CCCOC1. The smallest absolute Gasteiger partial charge is 0.339 e. The molecule has 0 aromatic carbocycles. The summed E-state index contributed by atoms with van der Waals surface area (Å²) in [5.74, 6) is -0.731. The minimum Gasteiger partial charge on any atom is -0.478 e. The van der Waals surface area contributed by atoms with E-state index in [2.05, 4.69) is 10.3 Å². The Bertz CT molecular complexity index is 459. The van der Waals surface area contributed by atoms with Crippen molar-refractivity contribution >= 4 is 23.4 Å². The van der Waals surface area contributed by atoms with Gasteiger partial charge in [0.25, 0.3) is 0 Å². The molecule has 1 aliphatic heterocycles. The zero-order chi connectivity index (χ0) is 13.2. The summed E-state index contributed by atoms with van der Waals surface area (Å²) in [5, 5.41) is 12.5. The van der Waals surface area contributed by atoms with Crippen LogP contribution in [0.1, 0.15) is 30.1 Å². The number of rotatable bonds is 3. The van der Waals surface area contributed by atoms with E-state index < -0.39 is 5.97 Å². The third-order valence-corrected chi connectivity index (χ3v) is 3.16. The topological polar surface area (TPSA) is 71.5 Å². The molecule has 2 rings (SSSR count). The summed E-state index contributed by atoms with van der Waals surface area (Å²) in [6.45, 7) is 3.26. The highest BCUT2D eigenvalue weighted by molar-refractivity contribution is 6.29. The molecule has 1 aromatic heterocycles. The molecule has 1 fully saturated rings.